The number of thioether (sulfide) groups is 1. The van der Waals surface area contributed by atoms with Gasteiger partial charge in [0.25, 0.3) is 0 Å². The number of fused-ring (bicyclic) bond motifs is 2. The Kier molecular flexibility index (Phi) is 6.70. The molecule has 4 fully saturated rings. The summed E-state index contributed by atoms with van der Waals surface area (Å²) in [6, 6.07) is 3.40. The second-order valence-corrected chi connectivity index (χ2v) is 15.6. The van der Waals surface area contributed by atoms with E-state index in [1.165, 1.54) is 30.5 Å². The van der Waals surface area contributed by atoms with Crippen molar-refractivity contribution in [2.45, 2.75) is 78.5 Å². The topological polar surface area (TPSA) is 182 Å². The Balaban J connectivity index is 1.24. The molecule has 1 aromatic carbocycles. The molecular formula is C25H30N4O9S2. The number of carbonyl (C=O) groups is 5. The summed E-state index contributed by atoms with van der Waals surface area (Å²) in [6.45, 7) is 5.37. The molecule has 15 heteroatoms. The van der Waals surface area contributed by atoms with E-state index in [4.69, 9.17) is 15.2 Å². The maximum Gasteiger partial charge on any atom is 0.333 e. The van der Waals surface area contributed by atoms with Gasteiger partial charge in [-0.15, -0.1) is 11.8 Å². The first-order valence-corrected chi connectivity index (χ1v) is 15.0. The Bertz CT molecular complexity index is 1400. The number of nitrogens with one attached hydrogen (secondary N) is 1. The van der Waals surface area contributed by atoms with Gasteiger partial charge in [0, 0.05) is 4.75 Å². The summed E-state index contributed by atoms with van der Waals surface area (Å²) in [7, 11) is -4.17. The minimum atomic E-state index is -4.17. The van der Waals surface area contributed by atoms with Crippen molar-refractivity contribution >= 4 is 51.3 Å². The largest absolute Gasteiger partial charge is 0.426 e. The smallest absolute Gasteiger partial charge is 0.333 e. The average molecular weight is 595 g/mol. The molecule has 0 aromatic heterocycles. The van der Waals surface area contributed by atoms with Crippen LogP contribution in [0.1, 0.15) is 45.7 Å². The van der Waals surface area contributed by atoms with Crippen molar-refractivity contribution in [3.8, 4) is 0 Å². The maximum atomic E-state index is 13.4. The van der Waals surface area contributed by atoms with Gasteiger partial charge in [-0.1, -0.05) is 30.3 Å². The van der Waals surface area contributed by atoms with Gasteiger partial charge >= 0.3 is 11.9 Å². The molecular weight excluding hydrogens is 564 g/mol. The van der Waals surface area contributed by atoms with Crippen molar-refractivity contribution in [3.05, 3.63) is 35.9 Å². The number of amides is 3. The zero-order valence-corrected chi connectivity index (χ0v) is 23.9. The average Bonchev–Trinajstić information content (AvgIpc) is 3.19. The van der Waals surface area contributed by atoms with Crippen LogP contribution in [-0.2, 0) is 43.3 Å². The van der Waals surface area contributed by atoms with Gasteiger partial charge in [0.05, 0.1) is 11.8 Å². The molecule has 0 bridgehead atoms. The molecule has 0 spiro atoms. The number of nitrogens with zero attached hydrogens (tertiary/aromatic N) is 2. The molecule has 3 N–H and O–H groups in total. The lowest BCUT2D eigenvalue weighted by Crippen LogP contribution is -2.72. The highest BCUT2D eigenvalue weighted by Gasteiger charge is 2.73. The molecule has 4 saturated heterocycles. The number of hydrogen-bond acceptors (Lipinski definition) is 11. The Morgan fingerprint density at radius 2 is 1.65 bits per heavy atom. The lowest BCUT2D eigenvalue weighted by molar-refractivity contribution is -0.181. The van der Waals surface area contributed by atoms with Crippen LogP contribution in [0, 0.1) is 0 Å². The summed E-state index contributed by atoms with van der Waals surface area (Å²) < 4.78 is 34.7. The normalized spacial score (nSPS) is 31.3. The molecule has 1 aromatic rings. The number of nitrogens with two attached hydrogens (primary N) is 1. The maximum absolute atomic E-state index is 13.4. The fourth-order valence-corrected chi connectivity index (χ4v) is 9.57. The molecule has 3 amide bonds. The van der Waals surface area contributed by atoms with Gasteiger partial charge in [-0.2, -0.15) is 0 Å². The van der Waals surface area contributed by atoms with Crippen LogP contribution in [0.15, 0.2) is 30.3 Å². The molecule has 13 nitrogen and oxygen atoms in total. The van der Waals surface area contributed by atoms with Crippen molar-refractivity contribution < 1.29 is 41.9 Å². The van der Waals surface area contributed by atoms with Crippen molar-refractivity contribution in [2.75, 3.05) is 6.79 Å². The number of esters is 2. The number of β-lactam (4-membered cyclic amide) rings is 2. The molecule has 0 aliphatic carbocycles. The van der Waals surface area contributed by atoms with Gasteiger partial charge in [-0.3, -0.25) is 14.4 Å². The summed E-state index contributed by atoms with van der Waals surface area (Å²) in [5, 5.41) is 0.806. The van der Waals surface area contributed by atoms with Crippen LogP contribution in [0.4, 0.5) is 0 Å². The minimum Gasteiger partial charge on any atom is -0.426 e. The van der Waals surface area contributed by atoms with Crippen LogP contribution >= 0.6 is 11.8 Å². The van der Waals surface area contributed by atoms with Crippen LogP contribution in [0.25, 0.3) is 0 Å². The predicted octanol–water partition coefficient (Wildman–Crippen LogP) is -0.589. The summed E-state index contributed by atoms with van der Waals surface area (Å²) in [4.78, 5) is 65.9. The van der Waals surface area contributed by atoms with Crippen molar-refractivity contribution in [1.29, 1.82) is 0 Å². The van der Waals surface area contributed by atoms with E-state index in [1.54, 1.807) is 30.3 Å². The van der Waals surface area contributed by atoms with E-state index >= 15 is 0 Å². The van der Waals surface area contributed by atoms with E-state index < -0.39 is 79.4 Å². The third-order valence-corrected chi connectivity index (χ3v) is 12.3. The highest BCUT2D eigenvalue weighted by molar-refractivity contribution is 8.01. The predicted molar refractivity (Wildman–Crippen MR) is 140 cm³/mol. The summed E-state index contributed by atoms with van der Waals surface area (Å²) in [5.41, 5.74) is 6.46. The Hall–Kier alpha value is -3.17. The Labute approximate surface area is 235 Å². The highest BCUT2D eigenvalue weighted by Crippen LogP contribution is 2.51. The molecule has 5 rings (SSSR count). The van der Waals surface area contributed by atoms with Crippen molar-refractivity contribution in [1.82, 2.24) is 15.1 Å². The zero-order chi connectivity index (χ0) is 29.4. The summed E-state index contributed by atoms with van der Waals surface area (Å²) >= 11 is 1.48. The molecule has 4 aliphatic rings. The quantitative estimate of drug-likeness (QED) is 0.234. The van der Waals surface area contributed by atoms with Crippen LogP contribution in [0.2, 0.25) is 0 Å². The van der Waals surface area contributed by atoms with Gasteiger partial charge in [0.15, 0.2) is 15.2 Å². The van der Waals surface area contributed by atoms with Gasteiger partial charge in [0.2, 0.25) is 24.5 Å². The van der Waals surface area contributed by atoms with E-state index in [-0.39, 0.29) is 11.3 Å². The van der Waals surface area contributed by atoms with E-state index in [0.29, 0.717) is 12.0 Å². The van der Waals surface area contributed by atoms with Gasteiger partial charge in [-0.05, 0) is 33.3 Å². The molecule has 6 atom stereocenters. The molecule has 4 aliphatic heterocycles. The monoisotopic (exact) mass is 594 g/mol. The third kappa shape index (κ3) is 4.08. The molecule has 0 unspecified atom stereocenters. The van der Waals surface area contributed by atoms with Crippen LogP contribution < -0.4 is 11.1 Å². The van der Waals surface area contributed by atoms with Gasteiger partial charge in [0.1, 0.15) is 28.9 Å². The van der Waals surface area contributed by atoms with Crippen LogP contribution in [-0.4, -0.2) is 93.0 Å². The summed E-state index contributed by atoms with van der Waals surface area (Å²) in [5.74, 6) is -3.53. The first-order valence-electron chi connectivity index (χ1n) is 12.6. The van der Waals surface area contributed by atoms with Gasteiger partial charge in [-0.25, -0.2) is 18.0 Å². The van der Waals surface area contributed by atoms with Crippen molar-refractivity contribution in [3.63, 3.8) is 0 Å². The highest BCUT2D eigenvalue weighted by atomic mass is 32.2. The number of benzene rings is 1. The van der Waals surface area contributed by atoms with E-state index in [9.17, 15) is 32.4 Å². The Morgan fingerprint density at radius 1 is 1.05 bits per heavy atom. The second kappa shape index (κ2) is 9.45. The molecule has 40 heavy (non-hydrogen) atoms. The molecule has 4 heterocycles. The standard InChI is InChI=1S/C25H30N4O9S2/c1-24(2)17(28-13(30)10-14(28)39-24)22(33)37-11-38-23(34)18-25(3,4)40(35,36)21-16(20(32)29(18)21)27-19(31)15(26)12-8-6-5-7-9-12/h5-9,14-18,21H,10-11,26H2,1-4H3,(H,27,31)/t14-,15+,16+,17-,18+,21-/m1/s1. The number of ether oxygens (including phenoxy) is 2. The lowest BCUT2D eigenvalue weighted by Gasteiger charge is -2.43. The zero-order valence-electron chi connectivity index (χ0n) is 22.2. The minimum absolute atomic E-state index is 0.114. The molecule has 0 radical (unpaired) electrons. The lowest BCUT2D eigenvalue weighted by atomic mass is 9.95. The van der Waals surface area contributed by atoms with Crippen LogP contribution in [0.5, 0.6) is 0 Å². The summed E-state index contributed by atoms with van der Waals surface area (Å²) in [6.07, 6.45) is 0.336. The van der Waals surface area contributed by atoms with E-state index in [0.717, 1.165) is 4.90 Å². The molecule has 216 valence electrons. The van der Waals surface area contributed by atoms with Crippen molar-refractivity contribution in [2.24, 2.45) is 5.73 Å². The number of rotatable bonds is 7. The SMILES string of the molecule is CC1(C)S[C@@H]2CC(=O)N2[C@@H]1C(=O)OCOC(=O)[C@@H]1N2C(=O)[C@H](NC(=O)[C@@H](N)c3ccccc3)[C@H]2S(=O)(=O)C1(C)C. The van der Waals surface area contributed by atoms with E-state index in [1.807, 2.05) is 13.8 Å². The fraction of sp³-hybridized carbons (Fsp3) is 0.560. The first kappa shape index (κ1) is 28.4. The Morgan fingerprint density at radius 3 is 2.25 bits per heavy atom. The molecule has 0 saturated carbocycles. The second-order valence-electron chi connectivity index (χ2n) is 11.2. The van der Waals surface area contributed by atoms with E-state index in [2.05, 4.69) is 5.32 Å². The third-order valence-electron chi connectivity index (χ3n) is 7.98. The fourth-order valence-electron chi connectivity index (χ4n) is 5.74. The first-order chi connectivity index (χ1) is 18.6. The van der Waals surface area contributed by atoms with Gasteiger partial charge < -0.3 is 30.3 Å². The number of sulfone groups is 1. The number of hydrogen-bond donors (Lipinski definition) is 2. The van der Waals surface area contributed by atoms with Crippen LogP contribution in [0.3, 0.4) is 0 Å². The number of carbonyl (C=O) groups excluding carboxylic acids is 5.